The number of aromatic nitrogens is 2. The minimum atomic E-state index is -0.207. The molecule has 6 nitrogen and oxygen atoms in total. The summed E-state index contributed by atoms with van der Waals surface area (Å²) in [6.45, 7) is 4.00. The number of ether oxygens (including phenoxy) is 1. The normalized spacial score (nSPS) is 12.1. The monoisotopic (exact) mass is 437 g/mol. The average Bonchev–Trinajstić information content (AvgIpc) is 3.15. The molecule has 1 aromatic carbocycles. The van der Waals surface area contributed by atoms with Crippen LogP contribution in [0, 0.1) is 0 Å². The van der Waals surface area contributed by atoms with Crippen molar-refractivity contribution < 1.29 is 9.53 Å². The Labute approximate surface area is 175 Å². The second-order valence-corrected chi connectivity index (χ2v) is 8.41. The minimum Gasteiger partial charge on any atom is -0.495 e. The summed E-state index contributed by atoms with van der Waals surface area (Å²) in [6, 6.07) is 6.87. The van der Waals surface area contributed by atoms with Crippen molar-refractivity contribution in [1.29, 1.82) is 0 Å². The lowest BCUT2D eigenvalue weighted by Crippen LogP contribution is -2.26. The predicted octanol–water partition coefficient (Wildman–Crippen LogP) is 4.82. The molecule has 148 valence electrons. The van der Waals surface area contributed by atoms with Gasteiger partial charge in [-0.3, -0.25) is 14.2 Å². The molecule has 0 saturated heterocycles. The largest absolute Gasteiger partial charge is 0.495 e. The summed E-state index contributed by atoms with van der Waals surface area (Å²) in [6.07, 6.45) is 0.794. The number of carbonyl (C=O) groups is 1. The zero-order chi connectivity index (χ0) is 20.3. The van der Waals surface area contributed by atoms with E-state index >= 15 is 0 Å². The highest BCUT2D eigenvalue weighted by atomic mass is 35.5. The number of carbonyl (C=O) groups excluding carboxylic acids is 1. The number of rotatable bonds is 7. The summed E-state index contributed by atoms with van der Waals surface area (Å²) in [5.74, 6) is 0.462. The first-order valence-electron chi connectivity index (χ1n) is 8.70. The van der Waals surface area contributed by atoms with Crippen molar-refractivity contribution in [3.63, 3.8) is 0 Å². The van der Waals surface area contributed by atoms with Gasteiger partial charge < -0.3 is 10.1 Å². The van der Waals surface area contributed by atoms with Gasteiger partial charge >= 0.3 is 0 Å². The van der Waals surface area contributed by atoms with Crippen LogP contribution in [0.3, 0.4) is 0 Å². The Balaban J connectivity index is 1.78. The van der Waals surface area contributed by atoms with Crippen LogP contribution in [0.25, 0.3) is 10.2 Å². The number of benzene rings is 1. The van der Waals surface area contributed by atoms with Crippen molar-refractivity contribution >= 4 is 56.5 Å². The molecule has 0 spiro atoms. The maximum absolute atomic E-state index is 12.8. The molecule has 2 aromatic heterocycles. The molecule has 28 heavy (non-hydrogen) atoms. The van der Waals surface area contributed by atoms with Crippen LogP contribution in [-0.2, 0) is 4.79 Å². The van der Waals surface area contributed by atoms with Crippen molar-refractivity contribution in [3.8, 4) is 5.75 Å². The SMILES string of the molecule is CC[C@@H](C)n1c(SCC(=O)Nc2ccc(OC)c(Cl)c2)nc2ccsc2c1=O. The van der Waals surface area contributed by atoms with Crippen molar-refractivity contribution in [2.75, 3.05) is 18.2 Å². The Morgan fingerprint density at radius 2 is 2.21 bits per heavy atom. The van der Waals surface area contributed by atoms with E-state index in [-0.39, 0.29) is 23.3 Å². The zero-order valence-electron chi connectivity index (χ0n) is 15.7. The Bertz CT molecular complexity index is 1060. The molecule has 1 amide bonds. The molecule has 0 bridgehead atoms. The van der Waals surface area contributed by atoms with E-state index in [1.807, 2.05) is 25.3 Å². The van der Waals surface area contributed by atoms with Crippen molar-refractivity contribution in [3.05, 3.63) is 45.0 Å². The molecule has 1 atom stereocenters. The molecule has 0 aliphatic heterocycles. The third-order valence-corrected chi connectivity index (χ3v) is 6.42. The molecule has 0 aliphatic carbocycles. The van der Waals surface area contributed by atoms with Gasteiger partial charge in [-0.2, -0.15) is 0 Å². The predicted molar refractivity (Wildman–Crippen MR) is 116 cm³/mol. The van der Waals surface area contributed by atoms with E-state index in [0.717, 1.165) is 6.42 Å². The van der Waals surface area contributed by atoms with E-state index in [1.54, 1.807) is 22.8 Å². The van der Waals surface area contributed by atoms with Gasteiger partial charge in [0.25, 0.3) is 5.56 Å². The van der Waals surface area contributed by atoms with Crippen molar-refractivity contribution in [1.82, 2.24) is 9.55 Å². The highest BCUT2D eigenvalue weighted by molar-refractivity contribution is 7.99. The summed E-state index contributed by atoms with van der Waals surface area (Å²) >= 11 is 8.73. The summed E-state index contributed by atoms with van der Waals surface area (Å²) in [5.41, 5.74) is 1.19. The molecule has 0 fully saturated rings. The number of thiophene rings is 1. The first-order chi connectivity index (χ1) is 13.4. The first kappa shape index (κ1) is 20.7. The quantitative estimate of drug-likeness (QED) is 0.423. The van der Waals surface area contributed by atoms with Crippen LogP contribution < -0.4 is 15.6 Å². The lowest BCUT2D eigenvalue weighted by Gasteiger charge is -2.17. The second kappa shape index (κ2) is 8.98. The Morgan fingerprint density at radius 1 is 1.43 bits per heavy atom. The Hall–Kier alpha value is -2.03. The summed E-state index contributed by atoms with van der Waals surface area (Å²) < 4.78 is 7.43. The molecule has 0 aliphatic rings. The summed E-state index contributed by atoms with van der Waals surface area (Å²) in [4.78, 5) is 29.8. The lowest BCUT2D eigenvalue weighted by molar-refractivity contribution is -0.113. The molecular weight excluding hydrogens is 418 g/mol. The molecule has 3 aromatic rings. The molecular formula is C19H20ClN3O3S2. The fourth-order valence-corrected chi connectivity index (χ4v) is 4.57. The summed E-state index contributed by atoms with van der Waals surface area (Å²) in [5, 5.41) is 5.63. The van der Waals surface area contributed by atoms with Gasteiger partial charge in [0, 0.05) is 11.7 Å². The number of nitrogens with zero attached hydrogens (tertiary/aromatic N) is 2. The molecule has 1 N–H and O–H groups in total. The van der Waals surface area contributed by atoms with Crippen LogP contribution >= 0.6 is 34.7 Å². The molecule has 0 unspecified atom stereocenters. The lowest BCUT2D eigenvalue weighted by atomic mass is 10.2. The van der Waals surface area contributed by atoms with Gasteiger partial charge in [0.05, 0.1) is 23.4 Å². The molecule has 0 radical (unpaired) electrons. The van der Waals surface area contributed by atoms with Gasteiger partial charge in [-0.25, -0.2) is 4.98 Å². The van der Waals surface area contributed by atoms with E-state index in [2.05, 4.69) is 10.3 Å². The van der Waals surface area contributed by atoms with Gasteiger partial charge in [-0.1, -0.05) is 30.3 Å². The highest BCUT2D eigenvalue weighted by Crippen LogP contribution is 2.28. The standard InChI is InChI=1S/C19H20ClN3O3S2/c1-4-11(2)23-18(25)17-14(7-8-27-17)22-19(23)28-10-16(24)21-12-5-6-15(26-3)13(20)9-12/h5-9,11H,4,10H2,1-3H3,(H,21,24)/t11-/m1/s1. The number of methoxy groups -OCH3 is 1. The topological polar surface area (TPSA) is 73.2 Å². The van der Waals surface area contributed by atoms with E-state index in [0.29, 0.717) is 31.8 Å². The maximum atomic E-state index is 12.8. The molecule has 0 saturated carbocycles. The van der Waals surface area contributed by atoms with E-state index in [9.17, 15) is 9.59 Å². The van der Waals surface area contributed by atoms with E-state index < -0.39 is 0 Å². The number of hydrogen-bond acceptors (Lipinski definition) is 6. The van der Waals surface area contributed by atoms with Crippen LogP contribution in [0.4, 0.5) is 5.69 Å². The number of halogens is 1. The van der Waals surface area contributed by atoms with Crippen LogP contribution in [-0.4, -0.2) is 28.3 Å². The number of anilines is 1. The van der Waals surface area contributed by atoms with E-state index in [1.165, 1.54) is 30.2 Å². The third-order valence-electron chi connectivity index (χ3n) is 4.28. The van der Waals surface area contributed by atoms with Crippen LogP contribution in [0.2, 0.25) is 5.02 Å². The fourth-order valence-electron chi connectivity index (χ4n) is 2.65. The number of amides is 1. The number of nitrogens with one attached hydrogen (secondary N) is 1. The second-order valence-electron chi connectivity index (χ2n) is 6.15. The van der Waals surface area contributed by atoms with Gasteiger partial charge in [0.1, 0.15) is 10.4 Å². The third kappa shape index (κ3) is 4.34. The van der Waals surface area contributed by atoms with Gasteiger partial charge in [0.2, 0.25) is 5.91 Å². The number of thioether (sulfide) groups is 1. The zero-order valence-corrected chi connectivity index (χ0v) is 18.1. The number of hydrogen-bond donors (Lipinski definition) is 1. The van der Waals surface area contributed by atoms with Gasteiger partial charge in [0.15, 0.2) is 5.16 Å². The van der Waals surface area contributed by atoms with Crippen LogP contribution in [0.5, 0.6) is 5.75 Å². The van der Waals surface area contributed by atoms with Crippen LogP contribution in [0.1, 0.15) is 26.3 Å². The van der Waals surface area contributed by atoms with Crippen molar-refractivity contribution in [2.45, 2.75) is 31.5 Å². The highest BCUT2D eigenvalue weighted by Gasteiger charge is 2.17. The Morgan fingerprint density at radius 3 is 2.89 bits per heavy atom. The minimum absolute atomic E-state index is 0.00236. The van der Waals surface area contributed by atoms with Gasteiger partial charge in [-0.05, 0) is 43.0 Å². The molecule has 9 heteroatoms. The van der Waals surface area contributed by atoms with Gasteiger partial charge in [-0.15, -0.1) is 11.3 Å². The maximum Gasteiger partial charge on any atom is 0.272 e. The van der Waals surface area contributed by atoms with E-state index in [4.69, 9.17) is 16.3 Å². The fraction of sp³-hybridized carbons (Fsp3) is 0.316. The Kier molecular flexibility index (Phi) is 6.64. The number of fused-ring (bicyclic) bond motifs is 1. The first-order valence-corrected chi connectivity index (χ1v) is 10.9. The van der Waals surface area contributed by atoms with Crippen LogP contribution in [0.15, 0.2) is 39.6 Å². The summed E-state index contributed by atoms with van der Waals surface area (Å²) in [7, 11) is 1.53. The average molecular weight is 438 g/mol. The smallest absolute Gasteiger partial charge is 0.272 e. The van der Waals surface area contributed by atoms with Crippen molar-refractivity contribution in [2.24, 2.45) is 0 Å². The molecule has 2 heterocycles. The molecule has 3 rings (SSSR count).